The zero-order valence-electron chi connectivity index (χ0n) is 15.1. The Morgan fingerprint density at radius 1 is 1.12 bits per heavy atom. The Hall–Kier alpha value is -2.24. The third kappa shape index (κ3) is 3.50. The van der Waals surface area contributed by atoms with Crippen LogP contribution < -0.4 is 0 Å². The molecule has 1 atom stereocenters. The first-order chi connectivity index (χ1) is 12.5. The van der Waals surface area contributed by atoms with Gasteiger partial charge < -0.3 is 0 Å². The molecule has 0 spiro atoms. The van der Waals surface area contributed by atoms with Crippen LogP contribution in [0.1, 0.15) is 40.7 Å². The summed E-state index contributed by atoms with van der Waals surface area (Å²) in [7, 11) is -3.56. The summed E-state index contributed by atoms with van der Waals surface area (Å²) >= 11 is 0. The third-order valence-corrected chi connectivity index (χ3v) is 6.64. The number of benzene rings is 2. The highest BCUT2D eigenvalue weighted by molar-refractivity contribution is 7.89. The van der Waals surface area contributed by atoms with Gasteiger partial charge in [-0.3, -0.25) is 4.79 Å². The Balaban J connectivity index is 1.98. The van der Waals surface area contributed by atoms with Gasteiger partial charge in [0, 0.05) is 24.6 Å². The summed E-state index contributed by atoms with van der Waals surface area (Å²) in [6.07, 6.45) is 3.75. The first-order valence-corrected chi connectivity index (χ1v) is 10.2. The standard InChI is InChI=1S/C21H23NO3S/c1-3-6-17-13-22(26(24,25)19-11-9-16(2)10-12-19)14-21(17)20-8-5-4-7-18(20)15-23/h4-12,15,21H,3,13-14H2,1-2H3/b17-6+. The van der Waals surface area contributed by atoms with Crippen molar-refractivity contribution in [2.45, 2.75) is 31.1 Å². The second kappa shape index (κ2) is 7.56. The second-order valence-electron chi connectivity index (χ2n) is 6.60. The van der Waals surface area contributed by atoms with Gasteiger partial charge in [-0.25, -0.2) is 8.42 Å². The number of hydrogen-bond donors (Lipinski definition) is 0. The molecule has 1 heterocycles. The van der Waals surface area contributed by atoms with Crippen molar-refractivity contribution < 1.29 is 13.2 Å². The first-order valence-electron chi connectivity index (χ1n) is 8.77. The van der Waals surface area contributed by atoms with E-state index >= 15 is 0 Å². The Kier molecular flexibility index (Phi) is 5.39. The maximum absolute atomic E-state index is 13.1. The molecule has 0 bridgehead atoms. The Morgan fingerprint density at radius 3 is 2.46 bits per heavy atom. The molecule has 136 valence electrons. The van der Waals surface area contributed by atoms with Crippen LogP contribution in [0.5, 0.6) is 0 Å². The fraction of sp³-hybridized carbons (Fsp3) is 0.286. The molecular formula is C21H23NO3S. The topological polar surface area (TPSA) is 54.5 Å². The number of allylic oxidation sites excluding steroid dienone is 1. The number of sulfonamides is 1. The van der Waals surface area contributed by atoms with Gasteiger partial charge in [-0.2, -0.15) is 4.31 Å². The van der Waals surface area contributed by atoms with Crippen LogP contribution in [-0.4, -0.2) is 32.1 Å². The Bertz CT molecular complexity index is 930. The van der Waals surface area contributed by atoms with Gasteiger partial charge in [0.2, 0.25) is 10.0 Å². The van der Waals surface area contributed by atoms with Crippen LogP contribution in [0.2, 0.25) is 0 Å². The quantitative estimate of drug-likeness (QED) is 0.593. The number of carbonyl (C=O) groups excluding carboxylic acids is 1. The van der Waals surface area contributed by atoms with Crippen LogP contribution in [0, 0.1) is 6.92 Å². The number of nitrogens with zero attached hydrogens (tertiary/aromatic N) is 1. The molecule has 2 aromatic carbocycles. The van der Waals surface area contributed by atoms with E-state index in [4.69, 9.17) is 0 Å². The van der Waals surface area contributed by atoms with E-state index < -0.39 is 10.0 Å². The SMILES string of the molecule is CC/C=C1\CN(S(=O)(=O)c2ccc(C)cc2)CC1c1ccccc1C=O. The molecule has 0 saturated carbocycles. The van der Waals surface area contributed by atoms with E-state index in [0.29, 0.717) is 23.5 Å². The summed E-state index contributed by atoms with van der Waals surface area (Å²) in [4.78, 5) is 11.7. The van der Waals surface area contributed by atoms with Crippen LogP contribution in [0.4, 0.5) is 0 Å². The van der Waals surface area contributed by atoms with Crippen molar-refractivity contribution in [2.24, 2.45) is 0 Å². The number of aldehydes is 1. The van der Waals surface area contributed by atoms with Crippen molar-refractivity contribution in [3.05, 3.63) is 76.9 Å². The lowest BCUT2D eigenvalue weighted by molar-refractivity contribution is 0.112. The lowest BCUT2D eigenvalue weighted by atomic mass is 9.90. The van der Waals surface area contributed by atoms with Crippen molar-refractivity contribution in [3.8, 4) is 0 Å². The molecule has 1 aliphatic heterocycles. The van der Waals surface area contributed by atoms with Crippen LogP contribution in [0.15, 0.2) is 65.1 Å². The molecule has 0 amide bonds. The third-order valence-electron chi connectivity index (χ3n) is 4.82. The molecule has 1 aliphatic rings. The Labute approximate surface area is 155 Å². The predicted octanol–water partition coefficient (Wildman–Crippen LogP) is 3.93. The molecule has 2 aromatic rings. The summed E-state index contributed by atoms with van der Waals surface area (Å²) in [5.41, 5.74) is 3.59. The van der Waals surface area contributed by atoms with Crippen molar-refractivity contribution in [3.63, 3.8) is 0 Å². The average Bonchev–Trinajstić information content (AvgIpc) is 3.07. The molecule has 1 unspecified atom stereocenters. The zero-order valence-corrected chi connectivity index (χ0v) is 15.9. The van der Waals surface area contributed by atoms with Gasteiger partial charge in [0.25, 0.3) is 0 Å². The van der Waals surface area contributed by atoms with Crippen LogP contribution in [0.3, 0.4) is 0 Å². The maximum atomic E-state index is 13.1. The van der Waals surface area contributed by atoms with Crippen molar-refractivity contribution in [1.29, 1.82) is 0 Å². The highest BCUT2D eigenvalue weighted by atomic mass is 32.2. The van der Waals surface area contributed by atoms with E-state index in [9.17, 15) is 13.2 Å². The van der Waals surface area contributed by atoms with Gasteiger partial charge in [-0.05, 0) is 31.0 Å². The van der Waals surface area contributed by atoms with E-state index in [1.165, 1.54) is 4.31 Å². The lowest BCUT2D eigenvalue weighted by Crippen LogP contribution is -2.28. The number of aryl methyl sites for hydroxylation is 1. The van der Waals surface area contributed by atoms with Crippen molar-refractivity contribution in [2.75, 3.05) is 13.1 Å². The number of hydrogen-bond acceptors (Lipinski definition) is 3. The van der Waals surface area contributed by atoms with Crippen molar-refractivity contribution >= 4 is 16.3 Å². The van der Waals surface area contributed by atoms with Gasteiger partial charge in [0.05, 0.1) is 4.90 Å². The van der Waals surface area contributed by atoms with E-state index in [-0.39, 0.29) is 5.92 Å². The second-order valence-corrected chi connectivity index (χ2v) is 8.54. The molecular weight excluding hydrogens is 346 g/mol. The minimum absolute atomic E-state index is 0.0865. The minimum Gasteiger partial charge on any atom is -0.298 e. The monoisotopic (exact) mass is 369 g/mol. The summed E-state index contributed by atoms with van der Waals surface area (Å²) in [5.74, 6) is -0.0865. The van der Waals surface area contributed by atoms with Crippen molar-refractivity contribution in [1.82, 2.24) is 4.31 Å². The van der Waals surface area contributed by atoms with Crippen LogP contribution in [-0.2, 0) is 10.0 Å². The lowest BCUT2D eigenvalue weighted by Gasteiger charge is -2.17. The number of carbonyl (C=O) groups is 1. The van der Waals surface area contributed by atoms with Gasteiger partial charge in [0.15, 0.2) is 0 Å². The van der Waals surface area contributed by atoms with Gasteiger partial charge >= 0.3 is 0 Å². The van der Waals surface area contributed by atoms with E-state index in [0.717, 1.165) is 29.4 Å². The van der Waals surface area contributed by atoms with E-state index in [2.05, 4.69) is 6.08 Å². The molecule has 0 N–H and O–H groups in total. The Morgan fingerprint density at radius 2 is 1.81 bits per heavy atom. The summed E-state index contributed by atoms with van der Waals surface area (Å²) in [6.45, 7) is 4.68. The molecule has 0 aromatic heterocycles. The average molecular weight is 369 g/mol. The van der Waals surface area contributed by atoms with Crippen LogP contribution in [0.25, 0.3) is 0 Å². The van der Waals surface area contributed by atoms with Gasteiger partial charge in [0.1, 0.15) is 6.29 Å². The maximum Gasteiger partial charge on any atom is 0.243 e. The van der Waals surface area contributed by atoms with Gasteiger partial charge in [-0.1, -0.05) is 60.5 Å². The smallest absolute Gasteiger partial charge is 0.243 e. The molecule has 26 heavy (non-hydrogen) atoms. The van der Waals surface area contributed by atoms with E-state index in [1.807, 2.05) is 44.2 Å². The minimum atomic E-state index is -3.56. The van der Waals surface area contributed by atoms with E-state index in [1.54, 1.807) is 18.2 Å². The molecule has 5 heteroatoms. The molecule has 3 rings (SSSR count). The zero-order chi connectivity index (χ0) is 18.7. The fourth-order valence-corrected chi connectivity index (χ4v) is 4.89. The summed E-state index contributed by atoms with van der Waals surface area (Å²) in [5, 5.41) is 0. The summed E-state index contributed by atoms with van der Waals surface area (Å²) in [6, 6.07) is 14.3. The highest BCUT2D eigenvalue weighted by Crippen LogP contribution is 2.36. The molecule has 0 radical (unpaired) electrons. The molecule has 1 saturated heterocycles. The molecule has 0 aliphatic carbocycles. The summed E-state index contributed by atoms with van der Waals surface area (Å²) < 4.78 is 27.6. The first kappa shape index (κ1) is 18.5. The van der Waals surface area contributed by atoms with Gasteiger partial charge in [-0.15, -0.1) is 0 Å². The molecule has 4 nitrogen and oxygen atoms in total. The fourth-order valence-electron chi connectivity index (χ4n) is 3.44. The predicted molar refractivity (Wildman–Crippen MR) is 103 cm³/mol. The molecule has 1 fully saturated rings. The highest BCUT2D eigenvalue weighted by Gasteiger charge is 2.36. The van der Waals surface area contributed by atoms with Crippen LogP contribution >= 0.6 is 0 Å². The largest absolute Gasteiger partial charge is 0.298 e. The number of rotatable bonds is 5. The normalized spacial score (nSPS) is 19.8.